The molecule has 12 heteroatoms. The maximum Gasteiger partial charge on any atom is 0.330 e. The van der Waals surface area contributed by atoms with Crippen LogP contribution in [0.4, 0.5) is 11.5 Å². The van der Waals surface area contributed by atoms with Gasteiger partial charge in [0.1, 0.15) is 5.82 Å². The van der Waals surface area contributed by atoms with Gasteiger partial charge in [0.25, 0.3) is 11.1 Å². The number of nitrogen functional groups attached to an aromatic ring is 1. The van der Waals surface area contributed by atoms with E-state index in [1.165, 1.54) is 16.6 Å². The minimum absolute atomic E-state index is 0.0268. The van der Waals surface area contributed by atoms with Crippen LogP contribution in [-0.4, -0.2) is 45.7 Å². The quantitative estimate of drug-likeness (QED) is 0.289. The number of methoxy groups -OCH3 is 1. The van der Waals surface area contributed by atoms with Crippen LogP contribution in [0.5, 0.6) is 0 Å². The van der Waals surface area contributed by atoms with E-state index in [1.807, 2.05) is 30.3 Å². The lowest BCUT2D eigenvalue weighted by molar-refractivity contribution is -0.118. The Morgan fingerprint density at radius 2 is 1.77 bits per heavy atom. The molecule has 0 bridgehead atoms. The summed E-state index contributed by atoms with van der Waals surface area (Å²) in [5, 5.41) is 0. The summed E-state index contributed by atoms with van der Waals surface area (Å²) in [6.07, 6.45) is 0.288. The number of hydrogen-bond donors (Lipinski definition) is 4. The summed E-state index contributed by atoms with van der Waals surface area (Å²) in [6.45, 7) is 2.09. The van der Waals surface area contributed by atoms with Crippen LogP contribution in [0.3, 0.4) is 0 Å². The predicted molar refractivity (Wildman–Crippen MR) is 131 cm³/mol. The summed E-state index contributed by atoms with van der Waals surface area (Å²) in [5.74, 6) is -0.625. The molecule has 3 rings (SSSR count). The Morgan fingerprint density at radius 3 is 2.43 bits per heavy atom. The van der Waals surface area contributed by atoms with Crippen LogP contribution >= 0.6 is 0 Å². The van der Waals surface area contributed by atoms with Gasteiger partial charge in [0.15, 0.2) is 5.69 Å². The van der Waals surface area contributed by atoms with E-state index < -0.39 is 28.4 Å². The van der Waals surface area contributed by atoms with Gasteiger partial charge in [-0.15, -0.1) is 0 Å². The number of benzene rings is 1. The summed E-state index contributed by atoms with van der Waals surface area (Å²) >= 11 is 0. The average Bonchev–Trinajstić information content (AvgIpc) is 2.80. The summed E-state index contributed by atoms with van der Waals surface area (Å²) in [4.78, 5) is 70.3. The second-order valence-corrected chi connectivity index (χ2v) is 7.97. The first-order valence-electron chi connectivity index (χ1n) is 11.0. The fourth-order valence-electron chi connectivity index (χ4n) is 3.78. The third-order valence-corrected chi connectivity index (χ3v) is 5.54. The summed E-state index contributed by atoms with van der Waals surface area (Å²) < 4.78 is 6.27. The molecule has 3 aromatic rings. The van der Waals surface area contributed by atoms with Crippen molar-refractivity contribution >= 4 is 17.4 Å². The summed E-state index contributed by atoms with van der Waals surface area (Å²) in [7, 11) is 1.51. The van der Waals surface area contributed by atoms with Crippen molar-refractivity contribution in [1.82, 2.24) is 19.5 Å². The number of aromatic nitrogens is 4. The van der Waals surface area contributed by atoms with Gasteiger partial charge in [-0.2, -0.15) is 0 Å². The molecule has 0 unspecified atom stereocenters. The highest BCUT2D eigenvalue weighted by Crippen LogP contribution is 2.20. The Morgan fingerprint density at radius 1 is 1.06 bits per heavy atom. The van der Waals surface area contributed by atoms with Crippen LogP contribution in [-0.2, 0) is 22.5 Å². The number of aromatic amines is 3. The number of ether oxygens (including phenoxy) is 1. The maximum absolute atomic E-state index is 13.3. The lowest BCUT2D eigenvalue weighted by Gasteiger charge is -2.24. The van der Waals surface area contributed by atoms with Crippen molar-refractivity contribution in [2.75, 3.05) is 30.9 Å². The van der Waals surface area contributed by atoms with Gasteiger partial charge >= 0.3 is 11.4 Å². The van der Waals surface area contributed by atoms with Crippen molar-refractivity contribution in [2.45, 2.75) is 32.7 Å². The van der Waals surface area contributed by atoms with Crippen molar-refractivity contribution in [3.8, 4) is 0 Å². The highest BCUT2D eigenvalue weighted by atomic mass is 16.5. The van der Waals surface area contributed by atoms with Crippen LogP contribution in [0, 0.1) is 6.92 Å². The number of carbonyl (C=O) groups is 1. The van der Waals surface area contributed by atoms with Gasteiger partial charge in [-0.05, 0) is 25.3 Å². The van der Waals surface area contributed by atoms with Crippen molar-refractivity contribution in [1.29, 1.82) is 0 Å². The van der Waals surface area contributed by atoms with Gasteiger partial charge in [-0.3, -0.25) is 28.9 Å². The molecular formula is C23H28N6O6. The molecule has 0 spiro atoms. The molecule has 1 aromatic carbocycles. The van der Waals surface area contributed by atoms with Crippen LogP contribution in [0.25, 0.3) is 0 Å². The molecule has 5 N–H and O–H groups in total. The topological polar surface area (TPSA) is 176 Å². The Hall–Kier alpha value is -4.19. The van der Waals surface area contributed by atoms with Crippen molar-refractivity contribution < 1.29 is 9.53 Å². The molecule has 2 aromatic heterocycles. The number of carbonyl (C=O) groups excluding carboxylic acids is 1. The normalized spacial score (nSPS) is 10.9. The lowest BCUT2D eigenvalue weighted by Crippen LogP contribution is -2.42. The zero-order valence-electron chi connectivity index (χ0n) is 19.6. The molecule has 0 aliphatic carbocycles. The molecule has 186 valence electrons. The van der Waals surface area contributed by atoms with E-state index in [9.17, 15) is 24.0 Å². The zero-order valence-corrected chi connectivity index (χ0v) is 19.6. The number of aryl methyl sites for hydroxylation is 1. The Bertz CT molecular complexity index is 1420. The number of nitrogens with two attached hydrogens (primary N) is 1. The van der Waals surface area contributed by atoms with Gasteiger partial charge in [0.2, 0.25) is 5.91 Å². The van der Waals surface area contributed by atoms with E-state index >= 15 is 0 Å². The number of amides is 1. The van der Waals surface area contributed by atoms with Crippen LogP contribution in [0.1, 0.15) is 29.7 Å². The number of hydrogen-bond acceptors (Lipinski definition) is 7. The standard InChI is InChI=1S/C23H28N6O6/c1-14-16(20(31)26-22(33)25-14)9-10-17(30)28(11-6-12-35-2)18-19(24)29(23(34)27-21(18)32)13-15-7-4-3-5-8-15/h3-5,7-8H,6,9-13,24H2,1-2H3,(H,27,32,34)(H2,25,26,31,33). The van der Waals surface area contributed by atoms with Gasteiger partial charge in [-0.25, -0.2) is 9.59 Å². The van der Waals surface area contributed by atoms with Crippen molar-refractivity contribution in [3.05, 3.63) is 88.8 Å². The minimum Gasteiger partial charge on any atom is -0.385 e. The molecule has 0 aliphatic heterocycles. The first-order valence-corrected chi connectivity index (χ1v) is 11.0. The Kier molecular flexibility index (Phi) is 8.21. The maximum atomic E-state index is 13.3. The van der Waals surface area contributed by atoms with E-state index in [-0.39, 0.29) is 43.0 Å². The number of H-pyrrole nitrogens is 3. The third kappa shape index (κ3) is 6.03. The predicted octanol–water partition coefficient (Wildman–Crippen LogP) is -0.146. The van der Waals surface area contributed by atoms with Crippen LogP contribution in [0.15, 0.2) is 49.5 Å². The molecule has 2 heterocycles. The van der Waals surface area contributed by atoms with E-state index in [4.69, 9.17) is 10.5 Å². The fourth-order valence-corrected chi connectivity index (χ4v) is 3.78. The second-order valence-electron chi connectivity index (χ2n) is 7.97. The fraction of sp³-hybridized carbons (Fsp3) is 0.348. The van der Waals surface area contributed by atoms with Gasteiger partial charge in [0.05, 0.1) is 6.54 Å². The SMILES string of the molecule is COCCCN(C(=O)CCc1c(C)[nH]c(=O)[nH]c1=O)c1c(N)n(Cc2ccccc2)c(=O)[nH]c1=O. The zero-order chi connectivity index (χ0) is 25.5. The van der Waals surface area contributed by atoms with Gasteiger partial charge in [0, 0.05) is 37.9 Å². The van der Waals surface area contributed by atoms with E-state index in [2.05, 4.69) is 15.0 Å². The molecule has 0 saturated heterocycles. The molecule has 0 atom stereocenters. The number of anilines is 2. The second kappa shape index (κ2) is 11.3. The molecular weight excluding hydrogens is 456 g/mol. The van der Waals surface area contributed by atoms with E-state index in [1.54, 1.807) is 6.92 Å². The van der Waals surface area contributed by atoms with Crippen molar-refractivity contribution in [3.63, 3.8) is 0 Å². The molecule has 0 aliphatic rings. The summed E-state index contributed by atoms with van der Waals surface area (Å²) in [6, 6.07) is 9.07. The average molecular weight is 485 g/mol. The first kappa shape index (κ1) is 25.4. The number of nitrogens with zero attached hydrogens (tertiary/aromatic N) is 2. The third-order valence-electron chi connectivity index (χ3n) is 5.54. The highest BCUT2D eigenvalue weighted by molar-refractivity contribution is 5.95. The van der Waals surface area contributed by atoms with Gasteiger partial charge < -0.3 is 20.4 Å². The Balaban J connectivity index is 1.97. The monoisotopic (exact) mass is 484 g/mol. The molecule has 35 heavy (non-hydrogen) atoms. The van der Waals surface area contributed by atoms with Gasteiger partial charge in [-0.1, -0.05) is 30.3 Å². The largest absolute Gasteiger partial charge is 0.385 e. The van der Waals surface area contributed by atoms with E-state index in [0.717, 1.165) is 5.56 Å². The number of nitrogens with one attached hydrogen (secondary N) is 3. The number of rotatable bonds is 10. The molecule has 1 amide bonds. The van der Waals surface area contributed by atoms with Crippen molar-refractivity contribution in [2.24, 2.45) is 0 Å². The van der Waals surface area contributed by atoms with Crippen LogP contribution < -0.4 is 33.1 Å². The molecule has 0 saturated carbocycles. The lowest BCUT2D eigenvalue weighted by atomic mass is 10.1. The smallest absolute Gasteiger partial charge is 0.330 e. The first-order chi connectivity index (χ1) is 16.7. The molecule has 0 radical (unpaired) electrons. The molecule has 0 fully saturated rings. The van der Waals surface area contributed by atoms with Crippen LogP contribution in [0.2, 0.25) is 0 Å². The highest BCUT2D eigenvalue weighted by Gasteiger charge is 2.24. The minimum atomic E-state index is -0.791. The summed E-state index contributed by atoms with van der Waals surface area (Å²) in [5.41, 5.74) is 4.81. The van der Waals surface area contributed by atoms with E-state index in [0.29, 0.717) is 18.7 Å². The molecule has 12 nitrogen and oxygen atoms in total. The Labute approximate surface area is 199 Å².